The maximum Gasteiger partial charge on any atom is 0.137 e. The van der Waals surface area contributed by atoms with Gasteiger partial charge in [0.2, 0.25) is 0 Å². The Morgan fingerprint density at radius 1 is 1.39 bits per heavy atom. The van der Waals surface area contributed by atoms with E-state index in [2.05, 4.69) is 28.2 Å². The molecule has 2 nitrogen and oxygen atoms in total. The second-order valence-corrected chi connectivity index (χ2v) is 4.93. The van der Waals surface area contributed by atoms with Gasteiger partial charge in [-0.3, -0.25) is 0 Å². The highest BCUT2D eigenvalue weighted by atomic mass is 79.9. The van der Waals surface area contributed by atoms with E-state index in [9.17, 15) is 4.39 Å². The van der Waals surface area contributed by atoms with Gasteiger partial charge in [0.1, 0.15) is 11.6 Å². The number of rotatable bonds is 5. The molecule has 96 valence electrons. The average Bonchev–Trinajstić information content (AvgIpc) is 2.88. The lowest BCUT2D eigenvalue weighted by molar-refractivity contribution is 0.446. The molecule has 0 saturated carbocycles. The Bertz CT molecular complexity index is 499. The SMILES string of the molecule is CCCNC(c1ccc(F)c(Br)c1)c1ccco1. The fourth-order valence-electron chi connectivity index (χ4n) is 1.82. The van der Waals surface area contributed by atoms with Crippen LogP contribution >= 0.6 is 15.9 Å². The van der Waals surface area contributed by atoms with Gasteiger partial charge in [0.15, 0.2) is 0 Å². The van der Waals surface area contributed by atoms with Crippen LogP contribution in [-0.4, -0.2) is 6.54 Å². The lowest BCUT2D eigenvalue weighted by atomic mass is 10.0. The van der Waals surface area contributed by atoms with E-state index in [4.69, 9.17) is 4.42 Å². The first kappa shape index (κ1) is 13.3. The molecule has 1 aromatic carbocycles. The van der Waals surface area contributed by atoms with Gasteiger partial charge in [0, 0.05) is 0 Å². The highest BCUT2D eigenvalue weighted by Gasteiger charge is 2.16. The Kier molecular flexibility index (Phi) is 4.55. The summed E-state index contributed by atoms with van der Waals surface area (Å²) in [5, 5.41) is 3.40. The fourth-order valence-corrected chi connectivity index (χ4v) is 2.22. The van der Waals surface area contributed by atoms with Crippen molar-refractivity contribution in [2.75, 3.05) is 6.54 Å². The van der Waals surface area contributed by atoms with E-state index in [0.717, 1.165) is 24.3 Å². The van der Waals surface area contributed by atoms with E-state index in [1.54, 1.807) is 18.4 Å². The van der Waals surface area contributed by atoms with Crippen LogP contribution in [0.1, 0.15) is 30.7 Å². The molecule has 0 spiro atoms. The Balaban J connectivity index is 2.30. The van der Waals surface area contributed by atoms with Crippen LogP contribution in [0.15, 0.2) is 45.5 Å². The molecule has 0 radical (unpaired) electrons. The standard InChI is InChI=1S/C14H15BrFNO/c1-2-7-17-14(13-4-3-8-18-13)10-5-6-12(16)11(15)9-10/h3-6,8-9,14,17H,2,7H2,1H3. The minimum atomic E-state index is -0.257. The number of halogens is 2. The summed E-state index contributed by atoms with van der Waals surface area (Å²) in [7, 11) is 0. The van der Waals surface area contributed by atoms with Crippen molar-refractivity contribution in [1.82, 2.24) is 5.32 Å². The normalized spacial score (nSPS) is 12.6. The van der Waals surface area contributed by atoms with E-state index >= 15 is 0 Å². The second-order valence-electron chi connectivity index (χ2n) is 4.08. The largest absolute Gasteiger partial charge is 0.467 e. The molecule has 1 heterocycles. The zero-order chi connectivity index (χ0) is 13.0. The van der Waals surface area contributed by atoms with Crippen LogP contribution in [0.25, 0.3) is 0 Å². The quantitative estimate of drug-likeness (QED) is 0.892. The topological polar surface area (TPSA) is 25.2 Å². The third-order valence-corrected chi connectivity index (χ3v) is 3.31. The van der Waals surface area contributed by atoms with Crippen LogP contribution in [0.2, 0.25) is 0 Å². The van der Waals surface area contributed by atoms with Crippen molar-refractivity contribution >= 4 is 15.9 Å². The lowest BCUT2D eigenvalue weighted by Gasteiger charge is -2.17. The Morgan fingerprint density at radius 2 is 2.22 bits per heavy atom. The van der Waals surface area contributed by atoms with Crippen molar-refractivity contribution in [3.8, 4) is 0 Å². The number of hydrogen-bond donors (Lipinski definition) is 1. The van der Waals surface area contributed by atoms with Crippen LogP contribution in [-0.2, 0) is 0 Å². The highest BCUT2D eigenvalue weighted by molar-refractivity contribution is 9.10. The van der Waals surface area contributed by atoms with Gasteiger partial charge in [0.05, 0.1) is 16.8 Å². The van der Waals surface area contributed by atoms with Gasteiger partial charge < -0.3 is 9.73 Å². The first-order valence-electron chi connectivity index (χ1n) is 5.94. The molecule has 0 fully saturated rings. The summed E-state index contributed by atoms with van der Waals surface area (Å²) in [6.45, 7) is 2.98. The van der Waals surface area contributed by atoms with Gasteiger partial charge in [-0.15, -0.1) is 0 Å². The zero-order valence-corrected chi connectivity index (χ0v) is 11.7. The molecule has 1 N–H and O–H groups in total. The van der Waals surface area contributed by atoms with Crippen molar-refractivity contribution in [1.29, 1.82) is 0 Å². The smallest absolute Gasteiger partial charge is 0.137 e. The minimum Gasteiger partial charge on any atom is -0.467 e. The van der Waals surface area contributed by atoms with Crippen molar-refractivity contribution in [2.24, 2.45) is 0 Å². The summed E-state index contributed by atoms with van der Waals surface area (Å²) in [6.07, 6.45) is 2.67. The summed E-state index contributed by atoms with van der Waals surface area (Å²) in [5.41, 5.74) is 0.978. The van der Waals surface area contributed by atoms with Crippen LogP contribution in [0.3, 0.4) is 0 Å². The molecule has 0 aliphatic heterocycles. The number of furan rings is 1. The molecule has 1 atom stereocenters. The van der Waals surface area contributed by atoms with Crippen molar-refractivity contribution in [3.05, 3.63) is 58.2 Å². The fraction of sp³-hybridized carbons (Fsp3) is 0.286. The summed E-state index contributed by atoms with van der Waals surface area (Å²) >= 11 is 3.21. The number of benzene rings is 1. The van der Waals surface area contributed by atoms with E-state index < -0.39 is 0 Å². The number of hydrogen-bond acceptors (Lipinski definition) is 2. The molecule has 1 aromatic heterocycles. The van der Waals surface area contributed by atoms with Gasteiger partial charge in [-0.05, 0) is 58.7 Å². The average molecular weight is 312 g/mol. The van der Waals surface area contributed by atoms with Crippen molar-refractivity contribution < 1.29 is 8.81 Å². The molecule has 2 rings (SSSR count). The molecule has 0 amide bonds. The molecule has 4 heteroatoms. The predicted octanol–water partition coefficient (Wildman–Crippen LogP) is 4.27. The number of nitrogens with one attached hydrogen (secondary N) is 1. The van der Waals surface area contributed by atoms with Gasteiger partial charge in [0.25, 0.3) is 0 Å². The summed E-state index contributed by atoms with van der Waals surface area (Å²) in [4.78, 5) is 0. The molecule has 18 heavy (non-hydrogen) atoms. The van der Waals surface area contributed by atoms with Crippen LogP contribution in [0.4, 0.5) is 4.39 Å². The maximum absolute atomic E-state index is 13.3. The van der Waals surface area contributed by atoms with Crippen LogP contribution in [0, 0.1) is 5.82 Å². The molecule has 0 saturated heterocycles. The highest BCUT2D eigenvalue weighted by Crippen LogP contribution is 2.26. The maximum atomic E-state index is 13.3. The van der Waals surface area contributed by atoms with Gasteiger partial charge in [-0.2, -0.15) is 0 Å². The van der Waals surface area contributed by atoms with Crippen molar-refractivity contribution in [3.63, 3.8) is 0 Å². The molecular weight excluding hydrogens is 297 g/mol. The summed E-state index contributed by atoms with van der Waals surface area (Å²) in [6, 6.07) is 8.75. The summed E-state index contributed by atoms with van der Waals surface area (Å²) in [5.74, 6) is 0.578. The van der Waals surface area contributed by atoms with E-state index in [1.807, 2.05) is 12.1 Å². The van der Waals surface area contributed by atoms with E-state index in [0.29, 0.717) is 4.47 Å². The van der Waals surface area contributed by atoms with Gasteiger partial charge in [-0.1, -0.05) is 13.0 Å². The molecule has 2 aromatic rings. The van der Waals surface area contributed by atoms with Gasteiger partial charge in [-0.25, -0.2) is 4.39 Å². The molecule has 1 unspecified atom stereocenters. The van der Waals surface area contributed by atoms with Crippen LogP contribution < -0.4 is 5.32 Å². The molecular formula is C14H15BrFNO. The molecule has 0 aliphatic carbocycles. The predicted molar refractivity (Wildman–Crippen MR) is 72.9 cm³/mol. The molecule has 0 bridgehead atoms. The monoisotopic (exact) mass is 311 g/mol. The third kappa shape index (κ3) is 3.00. The summed E-state index contributed by atoms with van der Waals surface area (Å²) < 4.78 is 19.2. The zero-order valence-electron chi connectivity index (χ0n) is 10.1. The Hall–Kier alpha value is -1.13. The second kappa shape index (κ2) is 6.16. The molecule has 0 aliphatic rings. The Morgan fingerprint density at radius 3 is 2.83 bits per heavy atom. The lowest BCUT2D eigenvalue weighted by Crippen LogP contribution is -2.22. The van der Waals surface area contributed by atoms with E-state index in [-0.39, 0.29) is 11.9 Å². The van der Waals surface area contributed by atoms with Crippen LogP contribution in [0.5, 0.6) is 0 Å². The van der Waals surface area contributed by atoms with Crippen molar-refractivity contribution in [2.45, 2.75) is 19.4 Å². The first-order chi connectivity index (χ1) is 8.72. The third-order valence-electron chi connectivity index (χ3n) is 2.70. The van der Waals surface area contributed by atoms with Gasteiger partial charge >= 0.3 is 0 Å². The minimum absolute atomic E-state index is 0.0446. The first-order valence-corrected chi connectivity index (χ1v) is 6.73. The van der Waals surface area contributed by atoms with E-state index in [1.165, 1.54) is 6.07 Å². The Labute approximate surface area is 114 Å².